The summed E-state index contributed by atoms with van der Waals surface area (Å²) in [6, 6.07) is 1.10. The van der Waals surface area contributed by atoms with Crippen LogP contribution in [-0.2, 0) is 10.8 Å². The number of hydrogen-bond acceptors (Lipinski definition) is 2. The van der Waals surface area contributed by atoms with Gasteiger partial charge in [0.25, 0.3) is 0 Å². The molecule has 0 aliphatic heterocycles. The molecule has 0 bridgehead atoms. The number of nitrogens with zero attached hydrogens (tertiary/aromatic N) is 1. The summed E-state index contributed by atoms with van der Waals surface area (Å²) in [5, 5.41) is 0. The van der Waals surface area contributed by atoms with Crippen molar-refractivity contribution < 1.29 is 4.21 Å². The first-order valence-electron chi connectivity index (χ1n) is 5.54. The fourth-order valence-corrected chi connectivity index (χ4v) is 3.03. The van der Waals surface area contributed by atoms with E-state index in [2.05, 4.69) is 25.8 Å². The van der Waals surface area contributed by atoms with Crippen LogP contribution in [0.1, 0.15) is 33.1 Å². The Kier molecular flexibility index (Phi) is 4.58. The third-order valence-corrected chi connectivity index (χ3v) is 4.60. The van der Waals surface area contributed by atoms with Crippen LogP contribution in [0.4, 0.5) is 0 Å². The summed E-state index contributed by atoms with van der Waals surface area (Å²) < 4.78 is 11.1. The van der Waals surface area contributed by atoms with Gasteiger partial charge in [-0.05, 0) is 39.7 Å². The predicted molar refractivity (Wildman–Crippen MR) is 63.0 cm³/mol. The summed E-state index contributed by atoms with van der Waals surface area (Å²) in [5.41, 5.74) is 0. The molecule has 0 radical (unpaired) electrons. The molecule has 3 heteroatoms. The quantitative estimate of drug-likeness (QED) is 0.701. The van der Waals surface area contributed by atoms with Crippen molar-refractivity contribution in [2.75, 3.05) is 19.1 Å². The van der Waals surface area contributed by atoms with E-state index in [1.54, 1.807) is 6.26 Å². The minimum atomic E-state index is -0.672. The smallest absolute Gasteiger partial charge is 0.0385 e. The van der Waals surface area contributed by atoms with E-state index < -0.39 is 10.8 Å². The maximum absolute atomic E-state index is 11.1. The predicted octanol–water partition coefficient (Wildman–Crippen LogP) is 1.87. The van der Waals surface area contributed by atoms with E-state index in [1.165, 1.54) is 19.3 Å². The molecule has 0 aromatic heterocycles. The normalized spacial score (nSPS) is 24.4. The largest absolute Gasteiger partial charge is 0.300 e. The van der Waals surface area contributed by atoms with Crippen molar-refractivity contribution in [2.45, 2.75) is 45.2 Å². The van der Waals surface area contributed by atoms with Gasteiger partial charge in [-0.25, -0.2) is 0 Å². The van der Waals surface area contributed by atoms with Gasteiger partial charge in [0.1, 0.15) is 0 Å². The molecule has 0 spiro atoms. The summed E-state index contributed by atoms with van der Waals surface area (Å²) >= 11 is 0. The van der Waals surface area contributed by atoms with Gasteiger partial charge in [-0.2, -0.15) is 0 Å². The highest BCUT2D eigenvalue weighted by Crippen LogP contribution is 2.32. The molecule has 3 atom stereocenters. The first kappa shape index (κ1) is 12.2. The summed E-state index contributed by atoms with van der Waals surface area (Å²) in [7, 11) is 1.50. The molecule has 0 saturated heterocycles. The second kappa shape index (κ2) is 5.26. The Bertz CT molecular complexity index is 203. The number of rotatable bonds is 5. The van der Waals surface area contributed by atoms with E-state index in [0.717, 1.165) is 11.7 Å². The summed E-state index contributed by atoms with van der Waals surface area (Å²) in [5.74, 6) is 1.68. The standard InChI is InChI=1S/C11H23NOS/c1-9(8-14(4)13)12(3)10(2)11-6-5-7-11/h9-11H,5-8H2,1-4H3/t9-,10-,14-/m1/s1. The molecule has 1 aliphatic rings. The van der Waals surface area contributed by atoms with E-state index >= 15 is 0 Å². The third kappa shape index (κ3) is 3.06. The van der Waals surface area contributed by atoms with Crippen LogP contribution in [-0.4, -0.2) is 40.2 Å². The molecule has 0 N–H and O–H groups in total. The SMILES string of the molecule is C[C@H](C[S@@](C)=O)N(C)[C@H](C)C1CCC1. The van der Waals surface area contributed by atoms with Gasteiger partial charge in [-0.1, -0.05) is 6.42 Å². The highest BCUT2D eigenvalue weighted by atomic mass is 32.2. The molecule has 0 unspecified atom stereocenters. The average Bonchev–Trinajstić information content (AvgIpc) is 1.98. The number of hydrogen-bond donors (Lipinski definition) is 0. The van der Waals surface area contributed by atoms with Crippen molar-refractivity contribution in [1.29, 1.82) is 0 Å². The molecule has 1 aliphatic carbocycles. The Morgan fingerprint density at radius 3 is 2.36 bits per heavy atom. The molecule has 1 rings (SSSR count). The average molecular weight is 217 g/mol. The second-order valence-electron chi connectivity index (χ2n) is 4.69. The first-order valence-corrected chi connectivity index (χ1v) is 7.27. The Labute approximate surface area is 90.5 Å². The molecule has 0 amide bonds. The molecule has 1 saturated carbocycles. The fourth-order valence-electron chi connectivity index (χ4n) is 2.11. The van der Waals surface area contributed by atoms with Gasteiger partial charge in [0, 0.05) is 34.9 Å². The van der Waals surface area contributed by atoms with Gasteiger partial charge in [-0.3, -0.25) is 9.11 Å². The van der Waals surface area contributed by atoms with Gasteiger partial charge in [0.05, 0.1) is 0 Å². The molecular formula is C11H23NOS. The molecule has 0 aromatic carbocycles. The summed E-state index contributed by atoms with van der Waals surface area (Å²) in [6.45, 7) is 4.48. The minimum absolute atomic E-state index is 0.441. The van der Waals surface area contributed by atoms with Crippen molar-refractivity contribution in [3.8, 4) is 0 Å². The highest BCUT2D eigenvalue weighted by Gasteiger charge is 2.28. The molecular weight excluding hydrogens is 194 g/mol. The van der Waals surface area contributed by atoms with E-state index in [9.17, 15) is 4.21 Å². The lowest BCUT2D eigenvalue weighted by Crippen LogP contribution is -2.45. The Balaban J connectivity index is 2.37. The van der Waals surface area contributed by atoms with E-state index in [4.69, 9.17) is 0 Å². The van der Waals surface area contributed by atoms with Gasteiger partial charge in [0.2, 0.25) is 0 Å². The van der Waals surface area contributed by atoms with Crippen molar-refractivity contribution in [2.24, 2.45) is 5.92 Å². The zero-order chi connectivity index (χ0) is 10.7. The molecule has 0 heterocycles. The summed E-state index contributed by atoms with van der Waals surface area (Å²) in [4.78, 5) is 2.39. The van der Waals surface area contributed by atoms with Crippen LogP contribution in [0.3, 0.4) is 0 Å². The van der Waals surface area contributed by atoms with Crippen molar-refractivity contribution in [3.05, 3.63) is 0 Å². The lowest BCUT2D eigenvalue weighted by molar-refractivity contribution is 0.108. The van der Waals surface area contributed by atoms with Crippen LogP contribution in [0, 0.1) is 5.92 Å². The van der Waals surface area contributed by atoms with Crippen LogP contribution in [0.5, 0.6) is 0 Å². The molecule has 84 valence electrons. The van der Waals surface area contributed by atoms with Crippen molar-refractivity contribution in [1.82, 2.24) is 4.90 Å². The Morgan fingerprint density at radius 2 is 2.00 bits per heavy atom. The summed E-state index contributed by atoms with van der Waals surface area (Å²) in [6.07, 6.45) is 5.95. The maximum Gasteiger partial charge on any atom is 0.0385 e. The van der Waals surface area contributed by atoms with Gasteiger partial charge < -0.3 is 0 Å². The molecule has 14 heavy (non-hydrogen) atoms. The van der Waals surface area contributed by atoms with E-state index in [0.29, 0.717) is 12.1 Å². The van der Waals surface area contributed by atoms with Gasteiger partial charge in [-0.15, -0.1) is 0 Å². The first-order chi connectivity index (χ1) is 6.52. The van der Waals surface area contributed by atoms with Crippen LogP contribution < -0.4 is 0 Å². The monoisotopic (exact) mass is 217 g/mol. The third-order valence-electron chi connectivity index (χ3n) is 3.65. The lowest BCUT2D eigenvalue weighted by atomic mass is 9.79. The topological polar surface area (TPSA) is 20.3 Å². The van der Waals surface area contributed by atoms with Crippen LogP contribution in [0.15, 0.2) is 0 Å². The van der Waals surface area contributed by atoms with Gasteiger partial charge >= 0.3 is 0 Å². The molecule has 0 aromatic rings. The van der Waals surface area contributed by atoms with Gasteiger partial charge in [0.15, 0.2) is 0 Å². The van der Waals surface area contributed by atoms with Crippen LogP contribution >= 0.6 is 0 Å². The zero-order valence-electron chi connectivity index (χ0n) is 9.82. The Hall–Kier alpha value is 0.110. The molecule has 1 fully saturated rings. The van der Waals surface area contributed by atoms with Crippen LogP contribution in [0.2, 0.25) is 0 Å². The maximum atomic E-state index is 11.1. The van der Waals surface area contributed by atoms with Crippen LogP contribution in [0.25, 0.3) is 0 Å². The van der Waals surface area contributed by atoms with Crippen molar-refractivity contribution >= 4 is 10.8 Å². The van der Waals surface area contributed by atoms with E-state index in [1.807, 2.05) is 0 Å². The molecule has 2 nitrogen and oxygen atoms in total. The van der Waals surface area contributed by atoms with Crippen molar-refractivity contribution in [3.63, 3.8) is 0 Å². The zero-order valence-corrected chi connectivity index (χ0v) is 10.6. The lowest BCUT2D eigenvalue weighted by Gasteiger charge is -2.40. The fraction of sp³-hybridized carbons (Fsp3) is 1.00. The minimum Gasteiger partial charge on any atom is -0.300 e. The second-order valence-corrected chi connectivity index (χ2v) is 6.17. The Morgan fingerprint density at radius 1 is 1.43 bits per heavy atom. The van der Waals surface area contributed by atoms with E-state index in [-0.39, 0.29) is 0 Å². The highest BCUT2D eigenvalue weighted by molar-refractivity contribution is 7.84.